The molecule has 1 amide bonds. The molecule has 1 aromatic heterocycles. The summed E-state index contributed by atoms with van der Waals surface area (Å²) in [5, 5.41) is 8.32. The van der Waals surface area contributed by atoms with E-state index in [2.05, 4.69) is 10.3 Å². The number of hydrogen-bond donors (Lipinski definition) is 0. The number of piperidine rings is 1. The van der Waals surface area contributed by atoms with Crippen LogP contribution in [0, 0.1) is 0 Å². The molecule has 0 N–H and O–H groups in total. The summed E-state index contributed by atoms with van der Waals surface area (Å²) in [5.74, 6) is -0.353. The Bertz CT molecular complexity index is 595. The Labute approximate surface area is 148 Å². The highest BCUT2D eigenvalue weighted by molar-refractivity contribution is 5.92. The van der Waals surface area contributed by atoms with Crippen molar-refractivity contribution in [3.05, 3.63) is 11.9 Å². The number of hydrogen-bond acceptors (Lipinski definition) is 5. The predicted molar refractivity (Wildman–Crippen MR) is 92.1 cm³/mol. The summed E-state index contributed by atoms with van der Waals surface area (Å²) in [4.78, 5) is 26.5. The Morgan fingerprint density at radius 3 is 2.68 bits per heavy atom. The lowest BCUT2D eigenvalue weighted by Crippen LogP contribution is -2.45. The van der Waals surface area contributed by atoms with Crippen LogP contribution in [-0.4, -0.2) is 51.0 Å². The summed E-state index contributed by atoms with van der Waals surface area (Å²) in [5.41, 5.74) is 0.390. The lowest BCUT2D eigenvalue weighted by atomic mass is 9.96. The highest BCUT2D eigenvalue weighted by Crippen LogP contribution is 2.28. The van der Waals surface area contributed by atoms with Crippen molar-refractivity contribution in [2.75, 3.05) is 13.2 Å². The van der Waals surface area contributed by atoms with Crippen LogP contribution in [0.5, 0.6) is 0 Å². The van der Waals surface area contributed by atoms with E-state index in [0.717, 1.165) is 32.1 Å². The molecule has 0 aromatic carbocycles. The molecule has 7 nitrogen and oxygen atoms in total. The molecule has 2 heterocycles. The van der Waals surface area contributed by atoms with Gasteiger partial charge in [0.25, 0.3) is 5.91 Å². The minimum absolute atomic E-state index is 0.0971. The van der Waals surface area contributed by atoms with Gasteiger partial charge in [0, 0.05) is 12.6 Å². The second kappa shape index (κ2) is 8.45. The van der Waals surface area contributed by atoms with Crippen LogP contribution in [-0.2, 0) is 9.53 Å². The minimum Gasteiger partial charge on any atom is -0.466 e. The zero-order valence-corrected chi connectivity index (χ0v) is 15.0. The highest BCUT2D eigenvalue weighted by atomic mass is 16.5. The quantitative estimate of drug-likeness (QED) is 0.765. The molecule has 1 saturated carbocycles. The molecular formula is C18H28N4O3. The van der Waals surface area contributed by atoms with Crippen molar-refractivity contribution in [1.82, 2.24) is 19.9 Å². The van der Waals surface area contributed by atoms with Gasteiger partial charge in [0.1, 0.15) is 0 Å². The van der Waals surface area contributed by atoms with Crippen molar-refractivity contribution in [2.24, 2.45) is 0 Å². The predicted octanol–water partition coefficient (Wildman–Crippen LogP) is 2.73. The first-order valence-corrected chi connectivity index (χ1v) is 9.57. The first-order chi connectivity index (χ1) is 12.2. The van der Waals surface area contributed by atoms with E-state index in [0.29, 0.717) is 24.9 Å². The van der Waals surface area contributed by atoms with Gasteiger partial charge in [-0.3, -0.25) is 9.59 Å². The van der Waals surface area contributed by atoms with E-state index in [4.69, 9.17) is 4.74 Å². The Hall–Kier alpha value is -1.92. The molecule has 0 spiro atoms. The number of aromatic nitrogens is 3. The van der Waals surface area contributed by atoms with Crippen molar-refractivity contribution >= 4 is 11.9 Å². The smallest absolute Gasteiger partial charge is 0.307 e. The zero-order valence-electron chi connectivity index (χ0n) is 15.0. The van der Waals surface area contributed by atoms with Crippen molar-refractivity contribution in [3.8, 4) is 0 Å². The third-order valence-electron chi connectivity index (χ3n) is 5.27. The van der Waals surface area contributed by atoms with E-state index in [1.54, 1.807) is 18.0 Å². The number of ether oxygens (including phenoxy) is 1. The van der Waals surface area contributed by atoms with E-state index in [1.807, 2.05) is 4.68 Å². The topological polar surface area (TPSA) is 77.3 Å². The normalized spacial score (nSPS) is 22.0. The maximum atomic E-state index is 12.9. The molecule has 0 bridgehead atoms. The monoisotopic (exact) mass is 348 g/mol. The Morgan fingerprint density at radius 1 is 1.16 bits per heavy atom. The van der Waals surface area contributed by atoms with E-state index in [9.17, 15) is 9.59 Å². The van der Waals surface area contributed by atoms with Crippen LogP contribution in [0.1, 0.15) is 81.2 Å². The zero-order chi connectivity index (χ0) is 17.6. The van der Waals surface area contributed by atoms with Gasteiger partial charge in [0.15, 0.2) is 5.69 Å². The number of likely N-dealkylation sites (tertiary alicyclic amines) is 1. The maximum absolute atomic E-state index is 12.9. The summed E-state index contributed by atoms with van der Waals surface area (Å²) in [6.45, 7) is 2.83. The summed E-state index contributed by atoms with van der Waals surface area (Å²) in [6, 6.07) is 0.264. The van der Waals surface area contributed by atoms with Gasteiger partial charge in [-0.15, -0.1) is 5.10 Å². The number of carbonyl (C=O) groups is 2. The Morgan fingerprint density at radius 2 is 1.92 bits per heavy atom. The lowest BCUT2D eigenvalue weighted by Gasteiger charge is -2.34. The minimum atomic E-state index is -0.238. The van der Waals surface area contributed by atoms with Gasteiger partial charge in [-0.2, -0.15) is 0 Å². The third-order valence-corrected chi connectivity index (χ3v) is 5.27. The van der Waals surface area contributed by atoms with Crippen molar-refractivity contribution < 1.29 is 14.3 Å². The molecule has 1 aliphatic heterocycles. The standard InChI is InChI=1S/C18H28N4O3/c1-2-25-17(23)12-15-10-6-7-11-21(15)18(24)16-13-22(20-19-16)14-8-4-3-5-9-14/h13-15H,2-12H2,1H3/t15-/m1/s1. The average Bonchev–Trinajstić information content (AvgIpc) is 3.13. The van der Waals surface area contributed by atoms with Gasteiger partial charge in [-0.25, -0.2) is 4.68 Å². The molecule has 2 aliphatic rings. The number of esters is 1. The highest BCUT2D eigenvalue weighted by Gasteiger charge is 2.31. The number of rotatable bonds is 5. The Balaban J connectivity index is 1.67. The van der Waals surface area contributed by atoms with E-state index in [-0.39, 0.29) is 24.3 Å². The first-order valence-electron chi connectivity index (χ1n) is 9.57. The molecule has 3 rings (SSSR count). The molecule has 0 radical (unpaired) electrons. The Kier molecular flexibility index (Phi) is 6.04. The largest absolute Gasteiger partial charge is 0.466 e. The third kappa shape index (κ3) is 4.38. The van der Waals surface area contributed by atoms with Gasteiger partial charge in [0.05, 0.1) is 25.3 Å². The van der Waals surface area contributed by atoms with E-state index < -0.39 is 0 Å². The second-order valence-electron chi connectivity index (χ2n) is 7.03. The van der Waals surface area contributed by atoms with Gasteiger partial charge < -0.3 is 9.64 Å². The maximum Gasteiger partial charge on any atom is 0.307 e. The molecule has 1 saturated heterocycles. The van der Waals surface area contributed by atoms with Crippen molar-refractivity contribution in [2.45, 2.75) is 76.8 Å². The molecule has 7 heteroatoms. The van der Waals surface area contributed by atoms with Crippen LogP contribution in [0.4, 0.5) is 0 Å². The molecule has 0 unspecified atom stereocenters. The lowest BCUT2D eigenvalue weighted by molar-refractivity contribution is -0.144. The molecule has 1 aliphatic carbocycles. The summed E-state index contributed by atoms with van der Waals surface area (Å²) >= 11 is 0. The summed E-state index contributed by atoms with van der Waals surface area (Å²) in [7, 11) is 0. The molecule has 1 aromatic rings. The van der Waals surface area contributed by atoms with Gasteiger partial charge >= 0.3 is 5.97 Å². The van der Waals surface area contributed by atoms with Crippen molar-refractivity contribution in [1.29, 1.82) is 0 Å². The number of carbonyl (C=O) groups excluding carboxylic acids is 2. The van der Waals surface area contributed by atoms with Gasteiger partial charge in [-0.1, -0.05) is 24.5 Å². The second-order valence-corrected chi connectivity index (χ2v) is 7.03. The van der Waals surface area contributed by atoms with Crippen molar-refractivity contribution in [3.63, 3.8) is 0 Å². The number of nitrogens with zero attached hydrogens (tertiary/aromatic N) is 4. The molecule has 138 valence electrons. The van der Waals surface area contributed by atoms with E-state index in [1.165, 1.54) is 19.3 Å². The molecule has 1 atom stereocenters. The van der Waals surface area contributed by atoms with Gasteiger partial charge in [0.2, 0.25) is 0 Å². The summed E-state index contributed by atoms with van der Waals surface area (Å²) < 4.78 is 6.91. The van der Waals surface area contributed by atoms with Crippen LogP contribution < -0.4 is 0 Å². The fourth-order valence-electron chi connectivity index (χ4n) is 3.94. The molecule has 25 heavy (non-hydrogen) atoms. The SMILES string of the molecule is CCOC(=O)C[C@H]1CCCCN1C(=O)c1cn(C2CCCCC2)nn1. The average molecular weight is 348 g/mol. The summed E-state index contributed by atoms with van der Waals surface area (Å²) in [6.07, 6.45) is 10.8. The van der Waals surface area contributed by atoms with Crippen LogP contribution in [0.15, 0.2) is 6.20 Å². The van der Waals surface area contributed by atoms with Crippen LogP contribution >= 0.6 is 0 Å². The molecule has 2 fully saturated rings. The van der Waals surface area contributed by atoms with E-state index >= 15 is 0 Å². The number of amides is 1. The fourth-order valence-corrected chi connectivity index (χ4v) is 3.94. The van der Waals surface area contributed by atoms with Crippen LogP contribution in [0.2, 0.25) is 0 Å². The van der Waals surface area contributed by atoms with Gasteiger partial charge in [-0.05, 0) is 39.0 Å². The molecular weight excluding hydrogens is 320 g/mol. The first kappa shape index (κ1) is 17.9. The van der Waals surface area contributed by atoms with Crippen LogP contribution in [0.3, 0.4) is 0 Å². The fraction of sp³-hybridized carbons (Fsp3) is 0.778. The van der Waals surface area contributed by atoms with Crippen LogP contribution in [0.25, 0.3) is 0 Å².